The van der Waals surface area contributed by atoms with Crippen molar-refractivity contribution in [2.45, 2.75) is 19.4 Å². The van der Waals surface area contributed by atoms with Crippen molar-refractivity contribution in [2.75, 3.05) is 18.1 Å². The van der Waals surface area contributed by atoms with E-state index in [0.29, 0.717) is 5.92 Å². The molecule has 4 heteroatoms. The van der Waals surface area contributed by atoms with Crippen molar-refractivity contribution >= 4 is 11.5 Å². The Hall–Kier alpha value is -1.55. The molecule has 2 rings (SSSR count). The van der Waals surface area contributed by atoms with E-state index in [1.165, 1.54) is 0 Å². The molecule has 1 aromatic carbocycles. The predicted octanol–water partition coefficient (Wildman–Crippen LogP) is 1.18. The number of aliphatic hydroxyl groups is 1. The summed E-state index contributed by atoms with van der Waals surface area (Å²) in [6.07, 6.45) is 1.11. The molecule has 1 saturated heterocycles. The van der Waals surface area contributed by atoms with Gasteiger partial charge < -0.3 is 15.7 Å². The molecule has 0 aliphatic carbocycles. The quantitative estimate of drug-likeness (QED) is 0.542. The molecule has 4 nitrogen and oxygen atoms in total. The molecule has 0 spiro atoms. The minimum Gasteiger partial charge on any atom is -0.394 e. The summed E-state index contributed by atoms with van der Waals surface area (Å²) in [5, 5.41) is 16.8. The van der Waals surface area contributed by atoms with Gasteiger partial charge >= 0.3 is 0 Å². The van der Waals surface area contributed by atoms with Gasteiger partial charge in [0.15, 0.2) is 0 Å². The Labute approximate surface area is 102 Å². The SMILES string of the molecule is CC1CCN(c2ccc(C(=N)N)cc2)C1CO. The van der Waals surface area contributed by atoms with Gasteiger partial charge in [-0.1, -0.05) is 6.92 Å². The summed E-state index contributed by atoms with van der Waals surface area (Å²) in [5.41, 5.74) is 7.26. The molecular weight excluding hydrogens is 214 g/mol. The molecule has 92 valence electrons. The first-order chi connectivity index (χ1) is 8.13. The van der Waals surface area contributed by atoms with E-state index in [9.17, 15) is 5.11 Å². The zero-order valence-electron chi connectivity index (χ0n) is 10.1. The number of aliphatic hydroxyl groups excluding tert-OH is 1. The molecule has 0 amide bonds. The van der Waals surface area contributed by atoms with Crippen LogP contribution in [0.2, 0.25) is 0 Å². The Bertz CT molecular complexity index is 402. The minimum absolute atomic E-state index is 0.0880. The Morgan fingerprint density at radius 1 is 1.47 bits per heavy atom. The number of rotatable bonds is 3. The number of nitrogens with two attached hydrogens (primary N) is 1. The number of anilines is 1. The van der Waals surface area contributed by atoms with Crippen LogP contribution in [0.25, 0.3) is 0 Å². The molecule has 0 aromatic heterocycles. The highest BCUT2D eigenvalue weighted by Crippen LogP contribution is 2.29. The van der Waals surface area contributed by atoms with Crippen molar-refractivity contribution < 1.29 is 5.11 Å². The van der Waals surface area contributed by atoms with Gasteiger partial charge in [-0.25, -0.2) is 0 Å². The number of amidine groups is 1. The molecule has 1 fully saturated rings. The van der Waals surface area contributed by atoms with Crippen molar-refractivity contribution in [3.05, 3.63) is 29.8 Å². The summed E-state index contributed by atoms with van der Waals surface area (Å²) in [6, 6.07) is 7.86. The molecular formula is C13H19N3O. The third kappa shape index (κ3) is 2.26. The largest absolute Gasteiger partial charge is 0.394 e. The van der Waals surface area contributed by atoms with Gasteiger partial charge in [0, 0.05) is 17.8 Å². The van der Waals surface area contributed by atoms with E-state index in [4.69, 9.17) is 11.1 Å². The number of hydrogen-bond acceptors (Lipinski definition) is 3. The molecule has 0 saturated carbocycles. The van der Waals surface area contributed by atoms with Crippen LogP contribution in [0.1, 0.15) is 18.9 Å². The van der Waals surface area contributed by atoms with E-state index in [1.54, 1.807) is 0 Å². The summed E-state index contributed by atoms with van der Waals surface area (Å²) in [7, 11) is 0. The van der Waals surface area contributed by atoms with Gasteiger partial charge in [0.2, 0.25) is 0 Å². The highest BCUT2D eigenvalue weighted by Gasteiger charge is 2.30. The summed E-state index contributed by atoms with van der Waals surface area (Å²) in [5.74, 6) is 0.609. The zero-order valence-corrected chi connectivity index (χ0v) is 10.1. The maximum absolute atomic E-state index is 9.42. The van der Waals surface area contributed by atoms with Crippen molar-refractivity contribution in [2.24, 2.45) is 11.7 Å². The number of benzene rings is 1. The van der Waals surface area contributed by atoms with Crippen LogP contribution in [0.5, 0.6) is 0 Å². The average molecular weight is 233 g/mol. The van der Waals surface area contributed by atoms with Crippen molar-refractivity contribution in [1.29, 1.82) is 5.41 Å². The molecule has 2 atom stereocenters. The van der Waals surface area contributed by atoms with E-state index in [1.807, 2.05) is 24.3 Å². The predicted molar refractivity (Wildman–Crippen MR) is 69.5 cm³/mol. The third-order valence-electron chi connectivity index (χ3n) is 3.58. The summed E-state index contributed by atoms with van der Waals surface area (Å²) in [6.45, 7) is 3.34. The fourth-order valence-corrected chi connectivity index (χ4v) is 2.44. The van der Waals surface area contributed by atoms with Gasteiger partial charge in [0.25, 0.3) is 0 Å². The third-order valence-corrected chi connectivity index (χ3v) is 3.58. The lowest BCUT2D eigenvalue weighted by Gasteiger charge is -2.27. The fourth-order valence-electron chi connectivity index (χ4n) is 2.44. The van der Waals surface area contributed by atoms with E-state index < -0.39 is 0 Å². The van der Waals surface area contributed by atoms with Crippen LogP contribution in [0.15, 0.2) is 24.3 Å². The van der Waals surface area contributed by atoms with Crippen molar-refractivity contribution in [3.63, 3.8) is 0 Å². The van der Waals surface area contributed by atoms with Crippen LogP contribution in [0, 0.1) is 11.3 Å². The van der Waals surface area contributed by atoms with E-state index in [-0.39, 0.29) is 18.5 Å². The van der Waals surface area contributed by atoms with Gasteiger partial charge in [-0.15, -0.1) is 0 Å². The lowest BCUT2D eigenvalue weighted by atomic mass is 10.0. The van der Waals surface area contributed by atoms with E-state index in [2.05, 4.69) is 11.8 Å². The summed E-state index contributed by atoms with van der Waals surface area (Å²) < 4.78 is 0. The molecule has 1 heterocycles. The molecule has 1 aliphatic rings. The number of nitrogens with zero attached hydrogens (tertiary/aromatic N) is 1. The van der Waals surface area contributed by atoms with Gasteiger partial charge in [-0.05, 0) is 36.6 Å². The lowest BCUT2D eigenvalue weighted by Crippen LogP contribution is -2.35. The molecule has 1 aliphatic heterocycles. The van der Waals surface area contributed by atoms with Crippen LogP contribution in [-0.4, -0.2) is 30.1 Å². The second kappa shape index (κ2) is 4.75. The van der Waals surface area contributed by atoms with Crippen molar-refractivity contribution in [1.82, 2.24) is 0 Å². The average Bonchev–Trinajstić information content (AvgIpc) is 2.70. The zero-order chi connectivity index (χ0) is 12.4. The molecule has 0 radical (unpaired) electrons. The first kappa shape index (κ1) is 11.9. The molecule has 1 aromatic rings. The maximum atomic E-state index is 9.42. The highest BCUT2D eigenvalue weighted by atomic mass is 16.3. The molecule has 17 heavy (non-hydrogen) atoms. The second-order valence-corrected chi connectivity index (χ2v) is 4.67. The topological polar surface area (TPSA) is 73.3 Å². The normalized spacial score (nSPS) is 24.0. The van der Waals surface area contributed by atoms with Crippen LogP contribution < -0.4 is 10.6 Å². The van der Waals surface area contributed by atoms with Crippen LogP contribution in [0.3, 0.4) is 0 Å². The van der Waals surface area contributed by atoms with Crippen molar-refractivity contribution in [3.8, 4) is 0 Å². The number of hydrogen-bond donors (Lipinski definition) is 3. The fraction of sp³-hybridized carbons (Fsp3) is 0.462. The standard InChI is InChI=1S/C13H19N3O/c1-9-6-7-16(12(9)8-17)11-4-2-10(3-5-11)13(14)15/h2-5,9,12,17H,6-8H2,1H3,(H3,14,15). The first-order valence-corrected chi connectivity index (χ1v) is 5.95. The first-order valence-electron chi connectivity index (χ1n) is 5.95. The number of nitrogen functional groups attached to an aromatic ring is 1. The van der Waals surface area contributed by atoms with Crippen LogP contribution in [0.4, 0.5) is 5.69 Å². The van der Waals surface area contributed by atoms with Crippen LogP contribution >= 0.6 is 0 Å². The Morgan fingerprint density at radius 2 is 2.12 bits per heavy atom. The Morgan fingerprint density at radius 3 is 2.65 bits per heavy atom. The Kier molecular flexibility index (Phi) is 3.33. The molecule has 4 N–H and O–H groups in total. The summed E-state index contributed by atoms with van der Waals surface area (Å²) in [4.78, 5) is 2.23. The highest BCUT2D eigenvalue weighted by molar-refractivity contribution is 5.95. The minimum atomic E-state index is 0.0880. The van der Waals surface area contributed by atoms with Gasteiger partial charge in [-0.2, -0.15) is 0 Å². The van der Waals surface area contributed by atoms with Gasteiger partial charge in [0.1, 0.15) is 5.84 Å². The summed E-state index contributed by atoms with van der Waals surface area (Å²) >= 11 is 0. The monoisotopic (exact) mass is 233 g/mol. The molecule has 0 bridgehead atoms. The lowest BCUT2D eigenvalue weighted by molar-refractivity contribution is 0.245. The van der Waals surface area contributed by atoms with E-state index in [0.717, 1.165) is 24.2 Å². The smallest absolute Gasteiger partial charge is 0.122 e. The second-order valence-electron chi connectivity index (χ2n) is 4.67. The van der Waals surface area contributed by atoms with Crippen LogP contribution in [-0.2, 0) is 0 Å². The van der Waals surface area contributed by atoms with Gasteiger partial charge in [0.05, 0.1) is 12.6 Å². The number of nitrogens with one attached hydrogen (secondary N) is 1. The molecule has 2 unspecified atom stereocenters. The Balaban J connectivity index is 2.20. The van der Waals surface area contributed by atoms with E-state index >= 15 is 0 Å². The van der Waals surface area contributed by atoms with Gasteiger partial charge in [-0.3, -0.25) is 5.41 Å². The maximum Gasteiger partial charge on any atom is 0.122 e.